The van der Waals surface area contributed by atoms with Crippen LogP contribution in [-0.4, -0.2) is 52.5 Å². The van der Waals surface area contributed by atoms with Crippen molar-refractivity contribution in [2.45, 2.75) is 63.2 Å². The number of hydrogen-bond donors (Lipinski definition) is 2. The number of ether oxygens (including phenoxy) is 3. The number of fused-ring (bicyclic) bond motifs is 1. The first kappa shape index (κ1) is 24.6. The Morgan fingerprint density at radius 1 is 1.18 bits per heavy atom. The maximum absolute atomic E-state index is 12.2. The first-order valence-corrected chi connectivity index (χ1v) is 11.8. The molecule has 2 heterocycles. The fourth-order valence-electron chi connectivity index (χ4n) is 3.59. The number of nitro benzene ring substituents is 1. The molecule has 2 saturated heterocycles. The van der Waals surface area contributed by atoms with E-state index in [1.54, 1.807) is 13.8 Å². The Labute approximate surface area is 195 Å². The standard InChI is InChI=1S/C21H27N3O8S/c1-12(2)19(32-21(27)30-14-9-7-13(8-10-14)24(28)29)31-17(25)6-4-3-5-16-18-15(11-33-16)22-20(26)23-18/h7-10,12,15-16,18-19H,3-6,11H2,1-2H3,(H2,22,23,26)/t15?,16-,18?,19?/m0/s1. The minimum atomic E-state index is -1.12. The van der Waals surface area contributed by atoms with Crippen LogP contribution < -0.4 is 15.4 Å². The summed E-state index contributed by atoms with van der Waals surface area (Å²) in [6.45, 7) is 3.46. The van der Waals surface area contributed by atoms with Crippen molar-refractivity contribution < 1.29 is 33.5 Å². The van der Waals surface area contributed by atoms with Crippen LogP contribution in [0.1, 0.15) is 39.5 Å². The van der Waals surface area contributed by atoms with Crippen LogP contribution in [0.25, 0.3) is 0 Å². The Balaban J connectivity index is 1.37. The van der Waals surface area contributed by atoms with E-state index in [0.717, 1.165) is 18.6 Å². The van der Waals surface area contributed by atoms with Gasteiger partial charge in [-0.25, -0.2) is 9.59 Å². The maximum Gasteiger partial charge on any atom is 0.516 e. The smallest absolute Gasteiger partial charge is 0.425 e. The molecule has 0 bridgehead atoms. The van der Waals surface area contributed by atoms with Crippen LogP contribution in [0.5, 0.6) is 5.75 Å². The number of thioether (sulfide) groups is 1. The maximum atomic E-state index is 12.2. The quantitative estimate of drug-likeness (QED) is 0.0976. The number of amides is 2. The molecule has 0 spiro atoms. The minimum Gasteiger partial charge on any atom is -0.425 e. The van der Waals surface area contributed by atoms with E-state index < -0.39 is 23.3 Å². The molecule has 2 aliphatic rings. The molecule has 1 aromatic rings. The number of benzene rings is 1. The van der Waals surface area contributed by atoms with Gasteiger partial charge in [0, 0.05) is 35.5 Å². The zero-order valence-corrected chi connectivity index (χ0v) is 19.2. The molecule has 0 saturated carbocycles. The number of carbonyl (C=O) groups is 3. The number of rotatable bonds is 10. The lowest BCUT2D eigenvalue weighted by atomic mass is 10.0. The number of nitrogens with one attached hydrogen (secondary N) is 2. The molecule has 11 nitrogen and oxygen atoms in total. The second-order valence-electron chi connectivity index (χ2n) is 8.19. The number of hydrogen-bond acceptors (Lipinski definition) is 9. The zero-order valence-electron chi connectivity index (χ0n) is 18.4. The highest BCUT2D eigenvalue weighted by Gasteiger charge is 2.42. The van der Waals surface area contributed by atoms with Crippen molar-refractivity contribution in [1.82, 2.24) is 10.6 Å². The summed E-state index contributed by atoms with van der Waals surface area (Å²) in [7, 11) is 0. The van der Waals surface area contributed by atoms with Gasteiger partial charge in [-0.05, 0) is 25.0 Å². The lowest BCUT2D eigenvalue weighted by Crippen LogP contribution is -2.36. The molecule has 12 heteroatoms. The second kappa shape index (κ2) is 11.2. The van der Waals surface area contributed by atoms with Crippen LogP contribution in [-0.2, 0) is 14.3 Å². The predicted octanol–water partition coefficient (Wildman–Crippen LogP) is 3.36. The first-order chi connectivity index (χ1) is 15.7. The topological polar surface area (TPSA) is 146 Å². The van der Waals surface area contributed by atoms with E-state index in [1.807, 2.05) is 11.8 Å². The van der Waals surface area contributed by atoms with E-state index in [1.165, 1.54) is 24.3 Å². The van der Waals surface area contributed by atoms with Gasteiger partial charge >= 0.3 is 18.2 Å². The van der Waals surface area contributed by atoms with E-state index in [4.69, 9.17) is 14.2 Å². The molecular formula is C21H27N3O8S. The van der Waals surface area contributed by atoms with Gasteiger partial charge in [0.2, 0.25) is 0 Å². The SMILES string of the molecule is CC(C)C(OC(=O)CCCC[C@@H]1SCC2NC(=O)NC21)OC(=O)Oc1ccc([N+](=O)[O-])cc1. The fourth-order valence-corrected chi connectivity index (χ4v) is 5.14. The Morgan fingerprint density at radius 3 is 2.58 bits per heavy atom. The summed E-state index contributed by atoms with van der Waals surface area (Å²) in [6, 6.07) is 5.13. The van der Waals surface area contributed by atoms with Crippen LogP contribution in [0, 0.1) is 16.0 Å². The number of nitro groups is 1. The van der Waals surface area contributed by atoms with Crippen LogP contribution in [0.4, 0.5) is 15.3 Å². The van der Waals surface area contributed by atoms with Crippen LogP contribution in [0.2, 0.25) is 0 Å². The second-order valence-corrected chi connectivity index (χ2v) is 9.46. The summed E-state index contributed by atoms with van der Waals surface area (Å²) in [5.41, 5.74) is -0.138. The zero-order chi connectivity index (χ0) is 24.0. The van der Waals surface area contributed by atoms with Crippen molar-refractivity contribution in [1.29, 1.82) is 0 Å². The molecule has 2 aliphatic heterocycles. The molecule has 1 aromatic carbocycles. The summed E-state index contributed by atoms with van der Waals surface area (Å²) in [5, 5.41) is 16.9. The Bertz CT molecular complexity index is 879. The van der Waals surface area contributed by atoms with Gasteiger partial charge in [0.05, 0.1) is 17.0 Å². The van der Waals surface area contributed by atoms with E-state index in [9.17, 15) is 24.5 Å². The van der Waals surface area contributed by atoms with E-state index in [2.05, 4.69) is 10.6 Å². The number of nitrogens with zero attached hydrogens (tertiary/aromatic N) is 1. The predicted molar refractivity (Wildman–Crippen MR) is 119 cm³/mol. The Hall–Kier alpha value is -3.02. The molecule has 0 radical (unpaired) electrons. The number of unbranched alkanes of at least 4 members (excludes halogenated alkanes) is 1. The van der Waals surface area contributed by atoms with E-state index in [0.29, 0.717) is 11.7 Å². The van der Waals surface area contributed by atoms with Crippen LogP contribution >= 0.6 is 11.8 Å². The van der Waals surface area contributed by atoms with Crippen molar-refractivity contribution in [3.63, 3.8) is 0 Å². The third-order valence-electron chi connectivity index (χ3n) is 5.31. The van der Waals surface area contributed by atoms with Crippen molar-refractivity contribution in [2.24, 2.45) is 5.92 Å². The number of non-ortho nitro benzene ring substituents is 1. The van der Waals surface area contributed by atoms with Gasteiger partial charge in [-0.3, -0.25) is 14.9 Å². The van der Waals surface area contributed by atoms with Gasteiger partial charge < -0.3 is 24.8 Å². The molecule has 2 N–H and O–H groups in total. The van der Waals surface area contributed by atoms with E-state index >= 15 is 0 Å². The average Bonchev–Trinajstić information content (AvgIpc) is 3.30. The summed E-state index contributed by atoms with van der Waals surface area (Å²) in [6.07, 6.45) is 0.296. The van der Waals surface area contributed by atoms with Crippen molar-refractivity contribution in [3.05, 3.63) is 34.4 Å². The summed E-state index contributed by atoms with van der Waals surface area (Å²) in [4.78, 5) is 45.8. The molecule has 2 amide bonds. The largest absolute Gasteiger partial charge is 0.516 e. The van der Waals surface area contributed by atoms with Gasteiger partial charge in [0.25, 0.3) is 12.0 Å². The van der Waals surface area contributed by atoms with Gasteiger partial charge in [-0.1, -0.05) is 20.3 Å². The van der Waals surface area contributed by atoms with Crippen molar-refractivity contribution >= 4 is 35.6 Å². The Kier molecular flexibility index (Phi) is 8.37. The summed E-state index contributed by atoms with van der Waals surface area (Å²) < 4.78 is 15.4. The molecule has 0 aliphatic carbocycles. The van der Waals surface area contributed by atoms with Gasteiger partial charge in [0.15, 0.2) is 0 Å². The van der Waals surface area contributed by atoms with Crippen LogP contribution in [0.3, 0.4) is 0 Å². The lowest BCUT2D eigenvalue weighted by molar-refractivity contribution is -0.384. The monoisotopic (exact) mass is 481 g/mol. The highest BCUT2D eigenvalue weighted by molar-refractivity contribution is 8.00. The number of esters is 1. The van der Waals surface area contributed by atoms with E-state index in [-0.39, 0.29) is 41.9 Å². The molecule has 3 rings (SSSR count). The number of urea groups is 1. The molecule has 33 heavy (non-hydrogen) atoms. The third kappa shape index (κ3) is 6.98. The molecule has 3 unspecified atom stereocenters. The van der Waals surface area contributed by atoms with Crippen molar-refractivity contribution in [2.75, 3.05) is 5.75 Å². The lowest BCUT2D eigenvalue weighted by Gasteiger charge is -2.21. The molecule has 0 aromatic heterocycles. The molecule has 180 valence electrons. The van der Waals surface area contributed by atoms with Gasteiger partial charge in [0.1, 0.15) is 5.75 Å². The highest BCUT2D eigenvalue weighted by Crippen LogP contribution is 2.33. The highest BCUT2D eigenvalue weighted by atomic mass is 32.2. The van der Waals surface area contributed by atoms with Crippen LogP contribution in [0.15, 0.2) is 24.3 Å². The van der Waals surface area contributed by atoms with Crippen molar-refractivity contribution in [3.8, 4) is 5.75 Å². The molecular weight excluding hydrogens is 454 g/mol. The first-order valence-electron chi connectivity index (χ1n) is 10.7. The normalized spacial score (nSPS) is 22.2. The molecule has 2 fully saturated rings. The summed E-state index contributed by atoms with van der Waals surface area (Å²) >= 11 is 1.82. The molecule has 4 atom stereocenters. The average molecular weight is 482 g/mol. The minimum absolute atomic E-state index is 0.0695. The fraction of sp³-hybridized carbons (Fsp3) is 0.571. The third-order valence-corrected chi connectivity index (χ3v) is 6.82. The van der Waals surface area contributed by atoms with Gasteiger partial charge in [-0.15, -0.1) is 0 Å². The Morgan fingerprint density at radius 2 is 1.91 bits per heavy atom. The number of carbonyl (C=O) groups excluding carboxylic acids is 3. The van der Waals surface area contributed by atoms with Gasteiger partial charge in [-0.2, -0.15) is 11.8 Å². The summed E-state index contributed by atoms with van der Waals surface area (Å²) in [5.74, 6) is 0.174.